The van der Waals surface area contributed by atoms with Crippen molar-refractivity contribution >= 4 is 5.91 Å². The van der Waals surface area contributed by atoms with Gasteiger partial charge in [-0.1, -0.05) is 34.6 Å². The Balaban J connectivity index is 3.99. The van der Waals surface area contributed by atoms with Crippen molar-refractivity contribution in [2.24, 2.45) is 16.6 Å². The molecule has 3 N–H and O–H groups in total. The van der Waals surface area contributed by atoms with Crippen molar-refractivity contribution in [1.82, 2.24) is 5.32 Å². The molecule has 0 saturated heterocycles. The van der Waals surface area contributed by atoms with Crippen molar-refractivity contribution in [3.63, 3.8) is 0 Å². The first-order valence-electron chi connectivity index (χ1n) is 5.67. The van der Waals surface area contributed by atoms with Crippen LogP contribution in [0.25, 0.3) is 0 Å². The summed E-state index contributed by atoms with van der Waals surface area (Å²) in [5, 5.41) is 2.97. The van der Waals surface area contributed by atoms with E-state index in [1.807, 2.05) is 0 Å². The van der Waals surface area contributed by atoms with Crippen LogP contribution in [0.3, 0.4) is 0 Å². The van der Waals surface area contributed by atoms with E-state index in [9.17, 15) is 4.79 Å². The number of hydrogen-bond donors (Lipinski definition) is 2. The van der Waals surface area contributed by atoms with Gasteiger partial charge in [0.15, 0.2) is 0 Å². The molecule has 1 amide bonds. The lowest BCUT2D eigenvalue weighted by Crippen LogP contribution is -2.41. The molecule has 90 valence electrons. The molecule has 0 spiro atoms. The van der Waals surface area contributed by atoms with Gasteiger partial charge in [-0.3, -0.25) is 4.79 Å². The Kier molecular flexibility index (Phi) is 5.29. The minimum atomic E-state index is 0.103. The smallest absolute Gasteiger partial charge is 0.220 e. The van der Waals surface area contributed by atoms with Gasteiger partial charge in [-0.25, -0.2) is 0 Å². The Bertz CT molecular complexity index is 204. The highest BCUT2D eigenvalue weighted by molar-refractivity contribution is 5.75. The van der Waals surface area contributed by atoms with E-state index in [1.165, 1.54) is 0 Å². The summed E-state index contributed by atoms with van der Waals surface area (Å²) in [6.07, 6.45) is 1.30. The van der Waals surface area contributed by atoms with E-state index in [0.29, 0.717) is 13.0 Å². The molecule has 3 heteroatoms. The van der Waals surface area contributed by atoms with E-state index >= 15 is 0 Å². The fourth-order valence-corrected chi connectivity index (χ4v) is 0.936. The van der Waals surface area contributed by atoms with Crippen molar-refractivity contribution in [2.45, 2.75) is 47.5 Å². The van der Waals surface area contributed by atoms with Crippen molar-refractivity contribution in [3.8, 4) is 0 Å². The Labute approximate surface area is 93.8 Å². The molecule has 0 aliphatic rings. The fourth-order valence-electron chi connectivity index (χ4n) is 0.936. The maximum Gasteiger partial charge on any atom is 0.220 e. The predicted molar refractivity (Wildman–Crippen MR) is 64.5 cm³/mol. The zero-order chi connectivity index (χ0) is 12.1. The van der Waals surface area contributed by atoms with Gasteiger partial charge < -0.3 is 11.1 Å². The highest BCUT2D eigenvalue weighted by Crippen LogP contribution is 2.36. The molecular weight excluding hydrogens is 188 g/mol. The highest BCUT2D eigenvalue weighted by atomic mass is 16.1. The molecule has 0 radical (unpaired) electrons. The summed E-state index contributed by atoms with van der Waals surface area (Å²) in [5.74, 6) is 0.109. The number of carbonyl (C=O) groups is 1. The SMILES string of the molecule is CC(C)(C)C(C)(C)CNC(=O)CCCN. The Morgan fingerprint density at radius 1 is 1.20 bits per heavy atom. The third kappa shape index (κ3) is 5.17. The summed E-state index contributed by atoms with van der Waals surface area (Å²) in [6, 6.07) is 0. The van der Waals surface area contributed by atoms with E-state index in [0.717, 1.165) is 13.0 Å². The average molecular weight is 214 g/mol. The van der Waals surface area contributed by atoms with Gasteiger partial charge in [0, 0.05) is 13.0 Å². The molecule has 0 atom stereocenters. The van der Waals surface area contributed by atoms with Crippen LogP contribution in [-0.4, -0.2) is 19.0 Å². The van der Waals surface area contributed by atoms with E-state index in [1.54, 1.807) is 0 Å². The third-order valence-corrected chi connectivity index (χ3v) is 3.37. The van der Waals surface area contributed by atoms with Crippen LogP contribution in [0.4, 0.5) is 0 Å². The van der Waals surface area contributed by atoms with Crippen LogP contribution in [-0.2, 0) is 4.79 Å². The summed E-state index contributed by atoms with van der Waals surface area (Å²) >= 11 is 0. The zero-order valence-electron chi connectivity index (χ0n) is 10.8. The number of carbonyl (C=O) groups excluding carboxylic acids is 1. The normalized spacial score (nSPS) is 12.7. The third-order valence-electron chi connectivity index (χ3n) is 3.37. The van der Waals surface area contributed by atoms with Crippen molar-refractivity contribution < 1.29 is 4.79 Å². The molecule has 0 aromatic rings. The standard InChI is InChI=1S/C12H26N2O/c1-11(2,3)12(4,5)9-14-10(15)7-6-8-13/h6-9,13H2,1-5H3,(H,14,15). The van der Waals surface area contributed by atoms with Crippen LogP contribution in [0.15, 0.2) is 0 Å². The molecule has 0 heterocycles. The maximum absolute atomic E-state index is 11.4. The van der Waals surface area contributed by atoms with Gasteiger partial charge in [0.2, 0.25) is 5.91 Å². The first kappa shape index (κ1) is 14.4. The minimum Gasteiger partial charge on any atom is -0.356 e. The molecule has 0 aliphatic heterocycles. The summed E-state index contributed by atoms with van der Waals surface area (Å²) in [6.45, 7) is 12.2. The predicted octanol–water partition coefficient (Wildman–Crippen LogP) is 1.91. The van der Waals surface area contributed by atoms with Crippen LogP contribution in [0.5, 0.6) is 0 Å². The van der Waals surface area contributed by atoms with Crippen LogP contribution in [0.1, 0.15) is 47.5 Å². The van der Waals surface area contributed by atoms with Gasteiger partial charge in [0.05, 0.1) is 0 Å². The Hall–Kier alpha value is -0.570. The van der Waals surface area contributed by atoms with Crippen LogP contribution in [0.2, 0.25) is 0 Å². The van der Waals surface area contributed by atoms with Gasteiger partial charge in [0.1, 0.15) is 0 Å². The molecule has 0 fully saturated rings. The van der Waals surface area contributed by atoms with Gasteiger partial charge in [-0.05, 0) is 23.8 Å². The fraction of sp³-hybridized carbons (Fsp3) is 0.917. The van der Waals surface area contributed by atoms with E-state index in [4.69, 9.17) is 5.73 Å². The highest BCUT2D eigenvalue weighted by Gasteiger charge is 2.32. The zero-order valence-corrected chi connectivity index (χ0v) is 10.8. The second-order valence-corrected chi connectivity index (χ2v) is 5.80. The molecule has 15 heavy (non-hydrogen) atoms. The molecule has 3 nitrogen and oxygen atoms in total. The lowest BCUT2D eigenvalue weighted by molar-refractivity contribution is -0.121. The van der Waals surface area contributed by atoms with Gasteiger partial charge in [-0.2, -0.15) is 0 Å². The second kappa shape index (κ2) is 5.50. The van der Waals surface area contributed by atoms with Crippen molar-refractivity contribution in [2.75, 3.05) is 13.1 Å². The molecular formula is C12H26N2O. The lowest BCUT2D eigenvalue weighted by Gasteiger charge is -2.39. The average Bonchev–Trinajstić information content (AvgIpc) is 2.09. The first-order chi connectivity index (χ1) is 6.70. The number of hydrogen-bond acceptors (Lipinski definition) is 2. The lowest BCUT2D eigenvalue weighted by atomic mass is 9.69. The Morgan fingerprint density at radius 2 is 1.73 bits per heavy atom. The number of nitrogens with two attached hydrogens (primary N) is 1. The quantitative estimate of drug-likeness (QED) is 0.734. The molecule has 0 rings (SSSR count). The van der Waals surface area contributed by atoms with Crippen molar-refractivity contribution in [1.29, 1.82) is 0 Å². The molecule has 0 unspecified atom stereocenters. The molecule has 0 bridgehead atoms. The van der Waals surface area contributed by atoms with E-state index in [-0.39, 0.29) is 16.7 Å². The number of nitrogens with one attached hydrogen (secondary N) is 1. The number of rotatable bonds is 5. The van der Waals surface area contributed by atoms with Crippen molar-refractivity contribution in [3.05, 3.63) is 0 Å². The molecule has 0 aromatic heterocycles. The Morgan fingerprint density at radius 3 is 2.13 bits per heavy atom. The summed E-state index contributed by atoms with van der Waals surface area (Å²) in [4.78, 5) is 11.4. The number of amides is 1. The molecule has 0 saturated carbocycles. The topological polar surface area (TPSA) is 55.1 Å². The van der Waals surface area contributed by atoms with Crippen LogP contribution in [0, 0.1) is 10.8 Å². The second-order valence-electron chi connectivity index (χ2n) is 5.80. The van der Waals surface area contributed by atoms with Gasteiger partial charge in [-0.15, -0.1) is 0 Å². The maximum atomic E-state index is 11.4. The van der Waals surface area contributed by atoms with Gasteiger partial charge >= 0.3 is 0 Å². The largest absolute Gasteiger partial charge is 0.356 e. The van der Waals surface area contributed by atoms with Gasteiger partial charge in [0.25, 0.3) is 0 Å². The molecule has 0 aliphatic carbocycles. The summed E-state index contributed by atoms with van der Waals surface area (Å²) in [7, 11) is 0. The molecule has 0 aromatic carbocycles. The van der Waals surface area contributed by atoms with Crippen LogP contribution >= 0.6 is 0 Å². The minimum absolute atomic E-state index is 0.103. The summed E-state index contributed by atoms with van der Waals surface area (Å²) in [5.41, 5.74) is 5.64. The van der Waals surface area contributed by atoms with E-state index < -0.39 is 0 Å². The summed E-state index contributed by atoms with van der Waals surface area (Å²) < 4.78 is 0. The first-order valence-corrected chi connectivity index (χ1v) is 5.67. The van der Waals surface area contributed by atoms with Crippen LogP contribution < -0.4 is 11.1 Å². The van der Waals surface area contributed by atoms with E-state index in [2.05, 4.69) is 39.9 Å². The monoisotopic (exact) mass is 214 g/mol.